The van der Waals surface area contributed by atoms with Crippen LogP contribution < -0.4 is 0 Å². The van der Waals surface area contributed by atoms with E-state index in [4.69, 9.17) is 11.6 Å². The highest BCUT2D eigenvalue weighted by Crippen LogP contribution is 2.33. The molecule has 0 bridgehead atoms. The number of halogens is 1. The first-order chi connectivity index (χ1) is 3.77. The lowest BCUT2D eigenvalue weighted by Gasteiger charge is -2.18. The smallest absolute Gasteiger partial charge is 0.0283 e. The third-order valence-corrected chi connectivity index (χ3v) is 2.36. The van der Waals surface area contributed by atoms with Gasteiger partial charge in [-0.2, -0.15) is 0 Å². The van der Waals surface area contributed by atoms with Crippen LogP contribution in [0.1, 0.15) is 19.8 Å². The molecule has 0 aromatic carbocycles. The standard InChI is InChI=1S/C7H11Cl/c1-7(6-8)4-2-3-5-7/h2-3H,4-6H2,1H3. The zero-order chi connectivity index (χ0) is 6.04. The van der Waals surface area contributed by atoms with Gasteiger partial charge in [-0.05, 0) is 18.3 Å². The van der Waals surface area contributed by atoms with Crippen LogP contribution in [-0.4, -0.2) is 5.88 Å². The third kappa shape index (κ3) is 1.05. The molecule has 0 amide bonds. The Morgan fingerprint density at radius 2 is 2.00 bits per heavy atom. The predicted molar refractivity (Wildman–Crippen MR) is 37.2 cm³/mol. The average molecular weight is 131 g/mol. The molecular weight excluding hydrogens is 120 g/mol. The molecule has 0 saturated carbocycles. The molecule has 0 radical (unpaired) electrons. The highest BCUT2D eigenvalue weighted by atomic mass is 35.5. The van der Waals surface area contributed by atoms with E-state index in [1.54, 1.807) is 0 Å². The maximum absolute atomic E-state index is 5.71. The maximum Gasteiger partial charge on any atom is 0.0283 e. The summed E-state index contributed by atoms with van der Waals surface area (Å²) in [5.41, 5.74) is 0.390. The Morgan fingerprint density at radius 3 is 2.25 bits per heavy atom. The van der Waals surface area contributed by atoms with Crippen molar-refractivity contribution in [1.29, 1.82) is 0 Å². The molecule has 0 fully saturated rings. The molecule has 8 heavy (non-hydrogen) atoms. The number of hydrogen-bond acceptors (Lipinski definition) is 0. The molecule has 0 heterocycles. The van der Waals surface area contributed by atoms with Crippen LogP contribution in [0.3, 0.4) is 0 Å². The summed E-state index contributed by atoms with van der Waals surface area (Å²) in [5.74, 6) is 0.792. The van der Waals surface area contributed by atoms with Crippen LogP contribution in [-0.2, 0) is 0 Å². The predicted octanol–water partition coefficient (Wildman–Crippen LogP) is 2.58. The molecule has 1 aliphatic carbocycles. The lowest BCUT2D eigenvalue weighted by molar-refractivity contribution is 0.406. The van der Waals surface area contributed by atoms with Gasteiger partial charge in [-0.15, -0.1) is 11.6 Å². The number of hydrogen-bond donors (Lipinski definition) is 0. The van der Waals surface area contributed by atoms with Crippen LogP contribution in [0.15, 0.2) is 12.2 Å². The van der Waals surface area contributed by atoms with Crippen molar-refractivity contribution in [3.8, 4) is 0 Å². The second kappa shape index (κ2) is 2.10. The molecule has 0 aromatic heterocycles. The van der Waals surface area contributed by atoms with Gasteiger partial charge in [-0.3, -0.25) is 0 Å². The molecule has 1 rings (SSSR count). The summed E-state index contributed by atoms with van der Waals surface area (Å²) in [5, 5.41) is 0. The van der Waals surface area contributed by atoms with E-state index in [9.17, 15) is 0 Å². The first-order valence-electron chi connectivity index (χ1n) is 2.98. The highest BCUT2D eigenvalue weighted by Gasteiger charge is 2.23. The fraction of sp³-hybridized carbons (Fsp3) is 0.714. The molecule has 1 aliphatic rings. The molecule has 0 atom stereocenters. The Hall–Kier alpha value is 0.0300. The van der Waals surface area contributed by atoms with Gasteiger partial charge in [-0.1, -0.05) is 19.1 Å². The van der Waals surface area contributed by atoms with Gasteiger partial charge in [0.1, 0.15) is 0 Å². The first-order valence-corrected chi connectivity index (χ1v) is 3.51. The van der Waals surface area contributed by atoms with E-state index >= 15 is 0 Å². The normalized spacial score (nSPS) is 24.2. The zero-order valence-corrected chi connectivity index (χ0v) is 5.91. The van der Waals surface area contributed by atoms with E-state index < -0.39 is 0 Å². The van der Waals surface area contributed by atoms with Gasteiger partial charge >= 0.3 is 0 Å². The molecule has 46 valence electrons. The Kier molecular flexibility index (Phi) is 1.62. The molecule has 0 unspecified atom stereocenters. The maximum atomic E-state index is 5.71. The topological polar surface area (TPSA) is 0 Å². The van der Waals surface area contributed by atoms with Crippen LogP contribution in [0.2, 0.25) is 0 Å². The van der Waals surface area contributed by atoms with Crippen LogP contribution in [0.5, 0.6) is 0 Å². The fourth-order valence-electron chi connectivity index (χ4n) is 0.928. The van der Waals surface area contributed by atoms with Crippen LogP contribution in [0.4, 0.5) is 0 Å². The van der Waals surface area contributed by atoms with Crippen molar-refractivity contribution in [3.05, 3.63) is 12.2 Å². The monoisotopic (exact) mass is 130 g/mol. The van der Waals surface area contributed by atoms with E-state index in [0.717, 1.165) is 18.7 Å². The van der Waals surface area contributed by atoms with Crippen molar-refractivity contribution in [3.63, 3.8) is 0 Å². The van der Waals surface area contributed by atoms with E-state index in [1.807, 2.05) is 0 Å². The van der Waals surface area contributed by atoms with Crippen LogP contribution >= 0.6 is 11.6 Å². The minimum Gasteiger partial charge on any atom is -0.126 e. The average Bonchev–Trinajstić information content (AvgIpc) is 2.17. The van der Waals surface area contributed by atoms with E-state index in [1.165, 1.54) is 0 Å². The molecule has 0 N–H and O–H groups in total. The first kappa shape index (κ1) is 6.15. The van der Waals surface area contributed by atoms with E-state index in [-0.39, 0.29) is 0 Å². The molecule has 0 saturated heterocycles. The summed E-state index contributed by atoms with van der Waals surface area (Å²) in [6.45, 7) is 2.22. The third-order valence-electron chi connectivity index (χ3n) is 1.71. The summed E-state index contributed by atoms with van der Waals surface area (Å²) in [4.78, 5) is 0. The number of rotatable bonds is 1. The van der Waals surface area contributed by atoms with Gasteiger partial charge in [0.05, 0.1) is 0 Å². The van der Waals surface area contributed by atoms with Crippen LogP contribution in [0.25, 0.3) is 0 Å². The summed E-state index contributed by atoms with van der Waals surface area (Å²) in [6, 6.07) is 0. The molecule has 0 spiro atoms. The Morgan fingerprint density at radius 1 is 1.50 bits per heavy atom. The Bertz CT molecular complexity index is 97.0. The van der Waals surface area contributed by atoms with Gasteiger partial charge in [0.25, 0.3) is 0 Å². The fourth-order valence-corrected chi connectivity index (χ4v) is 1.15. The Labute approximate surface area is 55.5 Å². The molecule has 0 nitrogen and oxygen atoms in total. The van der Waals surface area contributed by atoms with Gasteiger partial charge in [0, 0.05) is 5.88 Å². The lowest BCUT2D eigenvalue weighted by atomic mass is 9.91. The van der Waals surface area contributed by atoms with Crippen molar-refractivity contribution in [1.82, 2.24) is 0 Å². The highest BCUT2D eigenvalue weighted by molar-refractivity contribution is 6.18. The second-order valence-electron chi connectivity index (χ2n) is 2.82. The van der Waals surface area contributed by atoms with Crippen molar-refractivity contribution in [2.75, 3.05) is 5.88 Å². The minimum absolute atomic E-state index is 0.390. The van der Waals surface area contributed by atoms with Gasteiger partial charge in [-0.25, -0.2) is 0 Å². The quantitative estimate of drug-likeness (QED) is 0.378. The van der Waals surface area contributed by atoms with Crippen molar-refractivity contribution < 1.29 is 0 Å². The van der Waals surface area contributed by atoms with Gasteiger partial charge in [0.2, 0.25) is 0 Å². The van der Waals surface area contributed by atoms with Crippen molar-refractivity contribution >= 4 is 11.6 Å². The van der Waals surface area contributed by atoms with Gasteiger partial charge < -0.3 is 0 Å². The molecule has 1 heteroatoms. The van der Waals surface area contributed by atoms with Gasteiger partial charge in [0.15, 0.2) is 0 Å². The summed E-state index contributed by atoms with van der Waals surface area (Å²) < 4.78 is 0. The summed E-state index contributed by atoms with van der Waals surface area (Å²) >= 11 is 5.71. The largest absolute Gasteiger partial charge is 0.126 e. The van der Waals surface area contributed by atoms with E-state index in [2.05, 4.69) is 19.1 Å². The SMILES string of the molecule is CC1(CCl)CC=CC1. The lowest BCUT2D eigenvalue weighted by Crippen LogP contribution is -2.12. The van der Waals surface area contributed by atoms with Crippen molar-refractivity contribution in [2.24, 2.45) is 5.41 Å². The second-order valence-corrected chi connectivity index (χ2v) is 3.09. The van der Waals surface area contributed by atoms with Crippen LogP contribution in [0, 0.1) is 5.41 Å². The minimum atomic E-state index is 0.390. The molecule has 0 aromatic rings. The summed E-state index contributed by atoms with van der Waals surface area (Å²) in [6.07, 6.45) is 6.75. The Balaban J connectivity index is 2.46. The number of alkyl halides is 1. The number of allylic oxidation sites excluding steroid dienone is 2. The molecule has 0 aliphatic heterocycles. The summed E-state index contributed by atoms with van der Waals surface area (Å²) in [7, 11) is 0. The molecular formula is C7H11Cl. The van der Waals surface area contributed by atoms with Crippen molar-refractivity contribution in [2.45, 2.75) is 19.8 Å². The van der Waals surface area contributed by atoms with E-state index in [0.29, 0.717) is 5.41 Å². The zero-order valence-electron chi connectivity index (χ0n) is 5.15.